The van der Waals surface area contributed by atoms with Crippen LogP contribution in [0, 0.1) is 10.1 Å². The van der Waals surface area contributed by atoms with Crippen LogP contribution in [-0.2, 0) is 6.54 Å². The number of thiocarbonyl (C=S) groups is 1. The Balaban J connectivity index is 1.27. The fourth-order valence-electron chi connectivity index (χ4n) is 4.05. The third kappa shape index (κ3) is 5.67. The molecule has 0 unspecified atom stereocenters. The number of nitrogens with zero attached hydrogens (tertiary/aromatic N) is 4. The number of rotatable bonds is 7. The Kier molecular flexibility index (Phi) is 7.33. The molecule has 178 valence electrons. The van der Waals surface area contributed by atoms with Crippen molar-refractivity contribution in [1.82, 2.24) is 19.8 Å². The summed E-state index contributed by atoms with van der Waals surface area (Å²) in [4.78, 5) is 29.5. The van der Waals surface area contributed by atoms with Crippen molar-refractivity contribution in [3.8, 4) is 5.75 Å². The highest BCUT2D eigenvalue weighted by Crippen LogP contribution is 2.18. The molecule has 2 aromatic heterocycles. The summed E-state index contributed by atoms with van der Waals surface area (Å²) in [5.74, 6) is 0.622. The summed E-state index contributed by atoms with van der Waals surface area (Å²) in [6.07, 6.45) is 3.49. The third-order valence-electron chi connectivity index (χ3n) is 5.95. The number of non-ortho nitro benzene ring substituents is 1. The summed E-state index contributed by atoms with van der Waals surface area (Å²) in [6, 6.07) is 11.5. The zero-order valence-corrected chi connectivity index (χ0v) is 19.6. The fraction of sp³-hybridized carbons (Fsp3) is 0.348. The number of nitrogens with one attached hydrogen (secondary N) is 2. The molecule has 1 fully saturated rings. The van der Waals surface area contributed by atoms with Gasteiger partial charge in [0.2, 0.25) is 0 Å². The Hall–Kier alpha value is -3.57. The van der Waals surface area contributed by atoms with Crippen molar-refractivity contribution < 1.29 is 9.66 Å². The highest BCUT2D eigenvalue weighted by atomic mass is 32.1. The molecular formula is C23H26N6O4S. The second-order valence-corrected chi connectivity index (χ2v) is 8.53. The number of nitro benzene ring substituents is 1. The molecule has 3 aromatic rings. The van der Waals surface area contributed by atoms with E-state index in [-0.39, 0.29) is 17.3 Å². The van der Waals surface area contributed by atoms with Crippen LogP contribution < -0.4 is 20.9 Å². The van der Waals surface area contributed by atoms with Gasteiger partial charge in [0.1, 0.15) is 5.75 Å². The third-order valence-corrected chi connectivity index (χ3v) is 6.17. The van der Waals surface area contributed by atoms with E-state index in [0.29, 0.717) is 23.1 Å². The molecule has 1 aliphatic rings. The molecule has 2 N–H and O–H groups in total. The van der Waals surface area contributed by atoms with Crippen molar-refractivity contribution in [3.63, 3.8) is 0 Å². The number of methoxy groups -OCH3 is 1. The molecule has 0 saturated carbocycles. The van der Waals surface area contributed by atoms with Gasteiger partial charge >= 0.3 is 0 Å². The molecule has 0 amide bonds. The maximum absolute atomic E-state index is 12.5. The molecular weight excluding hydrogens is 456 g/mol. The molecule has 1 aliphatic heterocycles. The number of fused-ring (bicyclic) bond motifs is 1. The van der Waals surface area contributed by atoms with Crippen LogP contribution >= 0.6 is 12.2 Å². The minimum absolute atomic E-state index is 0.0398. The van der Waals surface area contributed by atoms with Crippen LogP contribution in [0.2, 0.25) is 0 Å². The summed E-state index contributed by atoms with van der Waals surface area (Å²) in [7, 11) is 1.58. The number of anilines is 1. The number of benzene rings is 1. The number of pyridine rings is 2. The molecule has 0 aliphatic carbocycles. The number of piperidine rings is 1. The SMILES string of the molecule is COc1cnc2ccc(=O)n(CCN3CCC(NC(=S)Nc4ccc([N+](=O)[O-])cc4)CC3)c2c1. The summed E-state index contributed by atoms with van der Waals surface area (Å²) >= 11 is 5.40. The van der Waals surface area contributed by atoms with Gasteiger partial charge in [0.15, 0.2) is 5.11 Å². The lowest BCUT2D eigenvalue weighted by molar-refractivity contribution is -0.384. The van der Waals surface area contributed by atoms with Crippen molar-refractivity contribution in [2.75, 3.05) is 32.1 Å². The molecule has 4 rings (SSSR count). The van der Waals surface area contributed by atoms with E-state index in [0.717, 1.165) is 43.5 Å². The molecule has 11 heteroatoms. The minimum Gasteiger partial charge on any atom is -0.495 e. The Morgan fingerprint density at radius 3 is 2.62 bits per heavy atom. The second kappa shape index (κ2) is 10.6. The van der Waals surface area contributed by atoms with Crippen LogP contribution in [0.4, 0.5) is 11.4 Å². The maximum atomic E-state index is 12.5. The average molecular weight is 483 g/mol. The largest absolute Gasteiger partial charge is 0.495 e. The Labute approximate surface area is 201 Å². The van der Waals surface area contributed by atoms with Crippen LogP contribution in [0.1, 0.15) is 12.8 Å². The molecule has 0 bridgehead atoms. The lowest BCUT2D eigenvalue weighted by Crippen LogP contribution is -2.46. The van der Waals surface area contributed by atoms with Crippen LogP contribution in [0.3, 0.4) is 0 Å². The fourth-order valence-corrected chi connectivity index (χ4v) is 4.34. The quantitative estimate of drug-likeness (QED) is 0.298. The van der Waals surface area contributed by atoms with Gasteiger partial charge in [-0.2, -0.15) is 0 Å². The standard InChI is InChI=1S/C23H26N6O4S/c1-33-19-14-21-20(24-15-19)6-7-22(30)28(21)13-12-27-10-8-17(9-11-27)26-23(34)25-16-2-4-18(5-3-16)29(31)32/h2-7,14-15,17H,8-13H2,1H3,(H2,25,26,34). The number of hydrogen-bond donors (Lipinski definition) is 2. The lowest BCUT2D eigenvalue weighted by Gasteiger charge is -2.33. The summed E-state index contributed by atoms with van der Waals surface area (Å²) in [6.45, 7) is 3.11. The smallest absolute Gasteiger partial charge is 0.269 e. The van der Waals surface area contributed by atoms with E-state index >= 15 is 0 Å². The van der Waals surface area contributed by atoms with Gasteiger partial charge in [-0.1, -0.05) is 0 Å². The van der Waals surface area contributed by atoms with Gasteiger partial charge in [-0.05, 0) is 43.3 Å². The van der Waals surface area contributed by atoms with E-state index in [1.54, 1.807) is 42.1 Å². The lowest BCUT2D eigenvalue weighted by atomic mass is 10.1. The number of likely N-dealkylation sites (tertiary alicyclic amines) is 1. The first-order valence-corrected chi connectivity index (χ1v) is 11.4. The minimum atomic E-state index is -0.432. The van der Waals surface area contributed by atoms with Gasteiger partial charge < -0.3 is 24.8 Å². The molecule has 10 nitrogen and oxygen atoms in total. The van der Waals surface area contributed by atoms with Gasteiger partial charge in [-0.15, -0.1) is 0 Å². The molecule has 0 radical (unpaired) electrons. The zero-order valence-electron chi connectivity index (χ0n) is 18.8. The molecule has 34 heavy (non-hydrogen) atoms. The Morgan fingerprint density at radius 2 is 1.94 bits per heavy atom. The molecule has 1 saturated heterocycles. The van der Waals surface area contributed by atoms with E-state index in [2.05, 4.69) is 20.5 Å². The predicted octanol–water partition coefficient (Wildman–Crippen LogP) is 2.76. The van der Waals surface area contributed by atoms with Crippen molar-refractivity contribution in [3.05, 3.63) is 69.1 Å². The van der Waals surface area contributed by atoms with Gasteiger partial charge in [0, 0.05) is 62.2 Å². The van der Waals surface area contributed by atoms with E-state index in [1.165, 1.54) is 12.1 Å². The van der Waals surface area contributed by atoms with Crippen molar-refractivity contribution in [2.45, 2.75) is 25.4 Å². The second-order valence-electron chi connectivity index (χ2n) is 8.12. The average Bonchev–Trinajstić information content (AvgIpc) is 2.84. The van der Waals surface area contributed by atoms with E-state index < -0.39 is 4.92 Å². The predicted molar refractivity (Wildman–Crippen MR) is 134 cm³/mol. The Bertz CT molecular complexity index is 1240. The highest BCUT2D eigenvalue weighted by molar-refractivity contribution is 7.80. The topological polar surface area (TPSA) is 115 Å². The van der Waals surface area contributed by atoms with E-state index in [4.69, 9.17) is 17.0 Å². The van der Waals surface area contributed by atoms with Crippen LogP contribution in [-0.4, -0.2) is 57.3 Å². The first-order chi connectivity index (χ1) is 16.4. The van der Waals surface area contributed by atoms with Crippen LogP contribution in [0.25, 0.3) is 11.0 Å². The number of ether oxygens (including phenoxy) is 1. The summed E-state index contributed by atoms with van der Waals surface area (Å²) < 4.78 is 7.02. The molecule has 1 aromatic carbocycles. The molecule has 3 heterocycles. The van der Waals surface area contributed by atoms with Crippen molar-refractivity contribution in [1.29, 1.82) is 0 Å². The maximum Gasteiger partial charge on any atom is 0.269 e. The van der Waals surface area contributed by atoms with Gasteiger partial charge in [0.25, 0.3) is 11.2 Å². The first kappa shape index (κ1) is 23.6. The number of hydrogen-bond acceptors (Lipinski definition) is 7. The summed E-state index contributed by atoms with van der Waals surface area (Å²) in [5, 5.41) is 17.7. The molecule has 0 atom stereocenters. The van der Waals surface area contributed by atoms with Gasteiger partial charge in [-0.3, -0.25) is 19.9 Å². The van der Waals surface area contributed by atoms with Gasteiger partial charge in [-0.25, -0.2) is 0 Å². The van der Waals surface area contributed by atoms with Crippen molar-refractivity contribution in [2.24, 2.45) is 0 Å². The number of aromatic nitrogens is 2. The van der Waals surface area contributed by atoms with Gasteiger partial charge in [0.05, 0.1) is 29.3 Å². The highest BCUT2D eigenvalue weighted by Gasteiger charge is 2.20. The normalized spacial score (nSPS) is 14.6. The summed E-state index contributed by atoms with van der Waals surface area (Å²) in [5.41, 5.74) is 2.22. The Morgan fingerprint density at radius 1 is 1.21 bits per heavy atom. The zero-order chi connectivity index (χ0) is 24.1. The van der Waals surface area contributed by atoms with Crippen molar-refractivity contribution >= 4 is 39.7 Å². The van der Waals surface area contributed by atoms with Crippen LogP contribution in [0.5, 0.6) is 5.75 Å². The monoisotopic (exact) mass is 482 g/mol. The van der Waals surface area contributed by atoms with E-state index in [9.17, 15) is 14.9 Å². The first-order valence-electron chi connectivity index (χ1n) is 11.0. The molecule has 0 spiro atoms. The van der Waals surface area contributed by atoms with Crippen LogP contribution in [0.15, 0.2) is 53.5 Å². The van der Waals surface area contributed by atoms with E-state index in [1.807, 2.05) is 6.07 Å². The number of nitro groups is 1.